The number of nitrogens with zero attached hydrogens (tertiary/aromatic N) is 5. The van der Waals surface area contributed by atoms with Gasteiger partial charge in [0.2, 0.25) is 5.91 Å². The molecule has 3 heterocycles. The zero-order chi connectivity index (χ0) is 20.9. The van der Waals surface area contributed by atoms with E-state index in [-0.39, 0.29) is 11.9 Å². The highest BCUT2D eigenvalue weighted by molar-refractivity contribution is 7.99. The van der Waals surface area contributed by atoms with Crippen molar-refractivity contribution in [3.63, 3.8) is 0 Å². The van der Waals surface area contributed by atoms with Crippen LogP contribution < -0.4 is 5.32 Å². The van der Waals surface area contributed by atoms with E-state index in [4.69, 9.17) is 0 Å². The topological polar surface area (TPSA) is 83.4 Å². The van der Waals surface area contributed by atoms with Gasteiger partial charge in [-0.15, -0.1) is 21.5 Å². The second-order valence-electron chi connectivity index (χ2n) is 6.80. The molecule has 3 aromatic rings. The van der Waals surface area contributed by atoms with Crippen molar-refractivity contribution in [2.24, 2.45) is 7.05 Å². The van der Waals surface area contributed by atoms with Crippen LogP contribution in [0.4, 0.5) is 10.5 Å². The van der Waals surface area contributed by atoms with Crippen molar-refractivity contribution in [2.45, 2.75) is 5.16 Å². The molecule has 30 heavy (non-hydrogen) atoms. The van der Waals surface area contributed by atoms with E-state index in [9.17, 15) is 9.59 Å². The van der Waals surface area contributed by atoms with E-state index in [1.807, 2.05) is 59.5 Å². The Hall–Kier alpha value is -2.85. The highest BCUT2D eigenvalue weighted by Gasteiger charge is 2.24. The fraction of sp³-hybridized carbons (Fsp3) is 0.300. The smallest absolute Gasteiger partial charge is 0.321 e. The molecule has 1 aliphatic heterocycles. The van der Waals surface area contributed by atoms with Crippen molar-refractivity contribution in [1.82, 2.24) is 24.6 Å². The van der Waals surface area contributed by atoms with Crippen LogP contribution in [-0.2, 0) is 11.8 Å². The predicted octanol–water partition coefficient (Wildman–Crippen LogP) is 3.01. The van der Waals surface area contributed by atoms with E-state index < -0.39 is 0 Å². The average molecular weight is 443 g/mol. The lowest BCUT2D eigenvalue weighted by atomic mass is 10.3. The minimum absolute atomic E-state index is 0.0452. The Balaban J connectivity index is 1.25. The number of amides is 3. The van der Waals surface area contributed by atoms with Crippen LogP contribution in [0.2, 0.25) is 0 Å². The van der Waals surface area contributed by atoms with Gasteiger partial charge in [0, 0.05) is 38.9 Å². The first kappa shape index (κ1) is 20.4. The molecule has 1 fully saturated rings. The Morgan fingerprint density at radius 3 is 2.47 bits per heavy atom. The van der Waals surface area contributed by atoms with Crippen LogP contribution in [0.25, 0.3) is 10.7 Å². The normalized spacial score (nSPS) is 14.0. The van der Waals surface area contributed by atoms with E-state index in [1.165, 1.54) is 11.8 Å². The second-order valence-corrected chi connectivity index (χ2v) is 8.69. The number of urea groups is 1. The Labute approximate surface area is 182 Å². The lowest BCUT2D eigenvalue weighted by Crippen LogP contribution is -2.52. The van der Waals surface area contributed by atoms with Gasteiger partial charge in [-0.25, -0.2) is 4.79 Å². The number of rotatable bonds is 5. The van der Waals surface area contributed by atoms with Gasteiger partial charge in [-0.05, 0) is 23.6 Å². The highest BCUT2D eigenvalue weighted by Crippen LogP contribution is 2.26. The molecule has 156 valence electrons. The lowest BCUT2D eigenvalue weighted by molar-refractivity contribution is -0.129. The summed E-state index contributed by atoms with van der Waals surface area (Å²) in [7, 11) is 1.91. The van der Waals surface area contributed by atoms with Gasteiger partial charge >= 0.3 is 6.03 Å². The molecule has 1 aliphatic rings. The van der Waals surface area contributed by atoms with Crippen LogP contribution in [0.1, 0.15) is 0 Å². The van der Waals surface area contributed by atoms with Gasteiger partial charge in [0.05, 0.1) is 10.6 Å². The van der Waals surface area contributed by atoms with E-state index >= 15 is 0 Å². The first-order valence-electron chi connectivity index (χ1n) is 9.56. The average Bonchev–Trinajstić information content (AvgIpc) is 3.42. The van der Waals surface area contributed by atoms with E-state index in [0.29, 0.717) is 37.1 Å². The maximum absolute atomic E-state index is 12.6. The molecular weight excluding hydrogens is 420 g/mol. The molecule has 0 bridgehead atoms. The largest absolute Gasteiger partial charge is 0.338 e. The van der Waals surface area contributed by atoms with E-state index in [2.05, 4.69) is 15.5 Å². The summed E-state index contributed by atoms with van der Waals surface area (Å²) in [5, 5.41) is 14.1. The molecule has 1 saturated heterocycles. The van der Waals surface area contributed by atoms with Crippen LogP contribution in [0.5, 0.6) is 0 Å². The summed E-state index contributed by atoms with van der Waals surface area (Å²) in [6, 6.07) is 13.2. The lowest BCUT2D eigenvalue weighted by Gasteiger charge is -2.34. The summed E-state index contributed by atoms with van der Waals surface area (Å²) in [4.78, 5) is 29.6. The van der Waals surface area contributed by atoms with Crippen LogP contribution in [0.15, 0.2) is 53.0 Å². The summed E-state index contributed by atoms with van der Waals surface area (Å²) in [6.07, 6.45) is 0. The maximum Gasteiger partial charge on any atom is 0.321 e. The Bertz CT molecular complexity index is 998. The van der Waals surface area contributed by atoms with Crippen molar-refractivity contribution in [3.8, 4) is 10.7 Å². The molecule has 0 spiro atoms. The van der Waals surface area contributed by atoms with Gasteiger partial charge in [-0.3, -0.25) is 4.79 Å². The molecule has 0 saturated carbocycles. The Morgan fingerprint density at radius 1 is 1.03 bits per heavy atom. The van der Waals surface area contributed by atoms with E-state index in [0.717, 1.165) is 16.4 Å². The maximum atomic E-state index is 12.6. The van der Waals surface area contributed by atoms with Crippen molar-refractivity contribution >= 4 is 40.7 Å². The fourth-order valence-corrected chi connectivity index (χ4v) is 4.72. The number of piperazine rings is 1. The summed E-state index contributed by atoms with van der Waals surface area (Å²) < 4.78 is 1.91. The molecule has 0 unspecified atom stereocenters. The number of nitrogens with one attached hydrogen (secondary N) is 1. The number of benzene rings is 1. The van der Waals surface area contributed by atoms with E-state index in [1.54, 1.807) is 21.1 Å². The van der Waals surface area contributed by atoms with Crippen molar-refractivity contribution in [3.05, 3.63) is 47.8 Å². The number of para-hydroxylation sites is 1. The third-order valence-corrected chi connectivity index (χ3v) is 6.72. The molecule has 3 amide bonds. The van der Waals surface area contributed by atoms with Gasteiger partial charge in [0.15, 0.2) is 11.0 Å². The monoisotopic (exact) mass is 442 g/mol. The number of hydrogen-bond acceptors (Lipinski definition) is 6. The molecule has 1 aromatic carbocycles. The number of carbonyl (C=O) groups excluding carboxylic acids is 2. The minimum Gasteiger partial charge on any atom is -0.338 e. The first-order valence-corrected chi connectivity index (χ1v) is 11.4. The number of carbonyl (C=O) groups is 2. The summed E-state index contributed by atoms with van der Waals surface area (Å²) in [6.45, 7) is 2.09. The van der Waals surface area contributed by atoms with Crippen LogP contribution >= 0.6 is 23.1 Å². The SMILES string of the molecule is Cn1c(SCC(=O)N2CCN(C(=O)Nc3ccccc3)CC2)nnc1-c1cccs1. The zero-order valence-electron chi connectivity index (χ0n) is 16.5. The number of aromatic nitrogens is 3. The number of hydrogen-bond donors (Lipinski definition) is 1. The molecule has 2 aromatic heterocycles. The Kier molecular flexibility index (Phi) is 6.34. The van der Waals surface area contributed by atoms with Crippen molar-refractivity contribution in [2.75, 3.05) is 37.2 Å². The van der Waals surface area contributed by atoms with Gasteiger partial charge in [0.1, 0.15) is 0 Å². The van der Waals surface area contributed by atoms with Crippen molar-refractivity contribution < 1.29 is 9.59 Å². The molecule has 0 aliphatic carbocycles. The van der Waals surface area contributed by atoms with Gasteiger partial charge in [-0.1, -0.05) is 36.0 Å². The second kappa shape index (κ2) is 9.31. The fourth-order valence-electron chi connectivity index (χ4n) is 3.16. The molecule has 8 nitrogen and oxygen atoms in total. The summed E-state index contributed by atoms with van der Waals surface area (Å²) in [5.74, 6) is 1.15. The standard InChI is InChI=1S/C20H22N6O2S2/c1-24-18(16-8-5-13-29-16)22-23-20(24)30-14-17(27)25-9-11-26(12-10-25)19(28)21-15-6-3-2-4-7-15/h2-8,13H,9-12,14H2,1H3,(H,21,28). The van der Waals surface area contributed by atoms with Gasteiger partial charge in [0.25, 0.3) is 0 Å². The molecular formula is C20H22N6O2S2. The van der Waals surface area contributed by atoms with Crippen LogP contribution in [-0.4, -0.2) is 68.4 Å². The Morgan fingerprint density at radius 2 is 1.77 bits per heavy atom. The first-order chi connectivity index (χ1) is 14.6. The molecule has 10 heteroatoms. The minimum atomic E-state index is -0.136. The van der Waals surface area contributed by atoms with Crippen LogP contribution in [0.3, 0.4) is 0 Å². The van der Waals surface area contributed by atoms with Gasteiger partial charge < -0.3 is 19.7 Å². The summed E-state index contributed by atoms with van der Waals surface area (Å²) >= 11 is 2.99. The quantitative estimate of drug-likeness (QED) is 0.614. The predicted molar refractivity (Wildman–Crippen MR) is 119 cm³/mol. The number of anilines is 1. The van der Waals surface area contributed by atoms with Crippen LogP contribution in [0, 0.1) is 0 Å². The highest BCUT2D eigenvalue weighted by atomic mass is 32.2. The van der Waals surface area contributed by atoms with Crippen molar-refractivity contribution in [1.29, 1.82) is 0 Å². The third kappa shape index (κ3) is 4.65. The molecule has 4 rings (SSSR count). The molecule has 1 N–H and O–H groups in total. The summed E-state index contributed by atoms with van der Waals surface area (Å²) in [5.41, 5.74) is 0.767. The molecule has 0 atom stereocenters. The number of thioether (sulfide) groups is 1. The number of thiophene rings is 1. The molecule has 0 radical (unpaired) electrons. The van der Waals surface area contributed by atoms with Gasteiger partial charge in [-0.2, -0.15) is 0 Å². The zero-order valence-corrected chi connectivity index (χ0v) is 18.2. The third-order valence-electron chi connectivity index (χ3n) is 4.85.